The monoisotopic (exact) mass is 383 g/mol. The van der Waals surface area contributed by atoms with E-state index in [9.17, 15) is 17.6 Å². The summed E-state index contributed by atoms with van der Waals surface area (Å²) < 4.78 is 43.1. The molecule has 0 spiro atoms. The number of anilines is 1. The smallest absolute Gasteiger partial charge is 0.282 e. The summed E-state index contributed by atoms with van der Waals surface area (Å²) in [6.07, 6.45) is 1.96. The second kappa shape index (κ2) is 7.62. The van der Waals surface area contributed by atoms with Crippen molar-refractivity contribution in [3.8, 4) is 0 Å². The highest BCUT2D eigenvalue weighted by Gasteiger charge is 2.34. The van der Waals surface area contributed by atoms with Crippen LogP contribution in [0.5, 0.6) is 0 Å². The third-order valence-electron chi connectivity index (χ3n) is 5.21. The Kier molecular flexibility index (Phi) is 5.64. The van der Waals surface area contributed by atoms with E-state index in [0.29, 0.717) is 56.4 Å². The zero-order chi connectivity index (χ0) is 18.9. The van der Waals surface area contributed by atoms with Gasteiger partial charge in [-0.05, 0) is 43.9 Å². The Morgan fingerprint density at radius 1 is 1.12 bits per heavy atom. The highest BCUT2D eigenvalue weighted by Crippen LogP contribution is 2.25. The zero-order valence-corrected chi connectivity index (χ0v) is 16.1. The zero-order valence-electron chi connectivity index (χ0n) is 15.3. The molecule has 0 aromatic heterocycles. The van der Waals surface area contributed by atoms with Gasteiger partial charge in [0.05, 0.1) is 5.69 Å². The van der Waals surface area contributed by atoms with E-state index in [4.69, 9.17) is 0 Å². The third-order valence-corrected chi connectivity index (χ3v) is 7.21. The van der Waals surface area contributed by atoms with Gasteiger partial charge in [0.25, 0.3) is 10.2 Å². The summed E-state index contributed by atoms with van der Waals surface area (Å²) in [6, 6.07) is 4.46. The van der Waals surface area contributed by atoms with E-state index in [1.807, 2.05) is 4.90 Å². The van der Waals surface area contributed by atoms with Crippen molar-refractivity contribution in [1.82, 2.24) is 8.61 Å². The van der Waals surface area contributed by atoms with Gasteiger partial charge in [-0.15, -0.1) is 0 Å². The van der Waals surface area contributed by atoms with Crippen LogP contribution in [0.4, 0.5) is 10.1 Å². The molecule has 3 rings (SSSR count). The summed E-state index contributed by atoms with van der Waals surface area (Å²) in [5.41, 5.74) is 0.755. The Morgan fingerprint density at radius 3 is 2.38 bits per heavy atom. The van der Waals surface area contributed by atoms with Gasteiger partial charge in [-0.25, -0.2) is 4.39 Å². The molecule has 0 bridgehead atoms. The van der Waals surface area contributed by atoms with Crippen LogP contribution in [0.1, 0.15) is 37.0 Å². The maximum absolute atomic E-state index is 14.3. The fraction of sp³-hybridized carbons (Fsp3) is 0.611. The van der Waals surface area contributed by atoms with Crippen LogP contribution in [0.3, 0.4) is 0 Å². The lowest BCUT2D eigenvalue weighted by molar-refractivity contribution is 0.101. The molecule has 0 aliphatic carbocycles. The van der Waals surface area contributed by atoms with E-state index in [2.05, 4.69) is 6.92 Å². The molecule has 1 atom stereocenters. The lowest BCUT2D eigenvalue weighted by atomic mass is 10.0. The number of hydrogen-bond acceptors (Lipinski definition) is 4. The predicted octanol–water partition coefficient (Wildman–Crippen LogP) is 2.13. The number of halogens is 1. The van der Waals surface area contributed by atoms with Crippen LogP contribution in [-0.4, -0.2) is 62.1 Å². The third kappa shape index (κ3) is 3.92. The molecule has 6 nitrogen and oxygen atoms in total. The van der Waals surface area contributed by atoms with Crippen molar-refractivity contribution in [3.05, 3.63) is 29.6 Å². The van der Waals surface area contributed by atoms with Gasteiger partial charge in [0.1, 0.15) is 5.82 Å². The predicted molar refractivity (Wildman–Crippen MR) is 99.1 cm³/mol. The average Bonchev–Trinajstić information content (AvgIpc) is 2.61. The van der Waals surface area contributed by atoms with Crippen molar-refractivity contribution in [1.29, 1.82) is 0 Å². The fourth-order valence-corrected chi connectivity index (χ4v) is 5.42. The number of nitrogens with zero attached hydrogens (tertiary/aromatic N) is 3. The molecule has 2 heterocycles. The minimum atomic E-state index is -3.45. The van der Waals surface area contributed by atoms with Crippen molar-refractivity contribution >= 4 is 21.7 Å². The second-order valence-electron chi connectivity index (χ2n) is 7.22. The fourth-order valence-electron chi connectivity index (χ4n) is 3.66. The highest BCUT2D eigenvalue weighted by molar-refractivity contribution is 7.86. The van der Waals surface area contributed by atoms with Gasteiger partial charge in [-0.3, -0.25) is 4.79 Å². The van der Waals surface area contributed by atoms with Crippen LogP contribution >= 0.6 is 0 Å². The number of rotatable bonds is 4. The first-order valence-corrected chi connectivity index (χ1v) is 10.5. The van der Waals surface area contributed by atoms with Gasteiger partial charge in [-0.1, -0.05) is 6.92 Å². The molecule has 2 fully saturated rings. The summed E-state index contributed by atoms with van der Waals surface area (Å²) in [6.45, 7) is 6.16. The van der Waals surface area contributed by atoms with Gasteiger partial charge in [0.15, 0.2) is 5.78 Å². The quantitative estimate of drug-likeness (QED) is 0.748. The van der Waals surface area contributed by atoms with Crippen LogP contribution in [0.15, 0.2) is 18.2 Å². The number of piperidine rings is 1. The van der Waals surface area contributed by atoms with Crippen molar-refractivity contribution in [2.45, 2.75) is 26.7 Å². The first kappa shape index (κ1) is 19.3. The van der Waals surface area contributed by atoms with Crippen molar-refractivity contribution in [3.63, 3.8) is 0 Å². The normalized spacial score (nSPS) is 23.2. The summed E-state index contributed by atoms with van der Waals surface area (Å²) in [5.74, 6) is -0.241. The van der Waals surface area contributed by atoms with Gasteiger partial charge in [-0.2, -0.15) is 17.0 Å². The number of carbonyl (C=O) groups excluding carboxylic acids is 1. The number of hydrogen-bond donors (Lipinski definition) is 0. The van der Waals surface area contributed by atoms with E-state index in [1.54, 1.807) is 16.4 Å². The highest BCUT2D eigenvalue weighted by atomic mass is 32.2. The van der Waals surface area contributed by atoms with Crippen LogP contribution in [0.2, 0.25) is 0 Å². The topological polar surface area (TPSA) is 60.9 Å². The van der Waals surface area contributed by atoms with Crippen molar-refractivity contribution in [2.75, 3.05) is 44.2 Å². The van der Waals surface area contributed by atoms with Crippen molar-refractivity contribution < 1.29 is 17.6 Å². The average molecular weight is 383 g/mol. The molecule has 1 unspecified atom stereocenters. The Labute approximate surface area is 154 Å². The Balaban J connectivity index is 1.66. The largest absolute Gasteiger partial charge is 0.367 e. The molecular weight excluding hydrogens is 357 g/mol. The second-order valence-corrected chi connectivity index (χ2v) is 9.15. The molecular formula is C18H26FN3O3S. The van der Waals surface area contributed by atoms with E-state index < -0.39 is 16.0 Å². The summed E-state index contributed by atoms with van der Waals surface area (Å²) >= 11 is 0. The lowest BCUT2D eigenvalue weighted by Gasteiger charge is -2.39. The maximum Gasteiger partial charge on any atom is 0.282 e. The molecule has 2 aliphatic rings. The lowest BCUT2D eigenvalue weighted by Crippen LogP contribution is -2.54. The Morgan fingerprint density at radius 2 is 1.81 bits per heavy atom. The number of ketones is 1. The number of benzene rings is 1. The van der Waals surface area contributed by atoms with Crippen LogP contribution in [0, 0.1) is 11.7 Å². The molecule has 2 saturated heterocycles. The molecule has 8 heteroatoms. The molecule has 2 aliphatic heterocycles. The first-order chi connectivity index (χ1) is 12.3. The van der Waals surface area contributed by atoms with Gasteiger partial charge >= 0.3 is 0 Å². The Hall–Kier alpha value is -1.51. The van der Waals surface area contributed by atoms with Gasteiger partial charge in [0.2, 0.25) is 0 Å². The summed E-state index contributed by atoms with van der Waals surface area (Å²) in [4.78, 5) is 13.2. The van der Waals surface area contributed by atoms with Crippen LogP contribution < -0.4 is 4.90 Å². The molecule has 0 saturated carbocycles. The Bertz CT molecular complexity index is 776. The summed E-state index contributed by atoms with van der Waals surface area (Å²) in [5, 5.41) is 0. The number of piperazine rings is 1. The van der Waals surface area contributed by atoms with E-state index in [1.165, 1.54) is 17.3 Å². The van der Waals surface area contributed by atoms with E-state index in [-0.39, 0.29) is 5.78 Å². The standard InChI is InChI=1S/C18H26FN3O3S/c1-14-4-3-7-22(13-14)26(24,25)21-10-8-20(9-11-21)18-6-5-16(15(2)23)12-17(18)19/h5-6,12,14H,3-4,7-11,13H2,1-2H3. The summed E-state index contributed by atoms with van der Waals surface area (Å²) in [7, 11) is -3.45. The van der Waals surface area contributed by atoms with Crippen LogP contribution in [0.25, 0.3) is 0 Å². The minimum Gasteiger partial charge on any atom is -0.367 e. The van der Waals surface area contributed by atoms with E-state index in [0.717, 1.165) is 12.8 Å². The molecule has 1 aromatic carbocycles. The molecule has 0 N–H and O–H groups in total. The molecule has 0 radical (unpaired) electrons. The minimum absolute atomic E-state index is 0.179. The SMILES string of the molecule is CC(=O)c1ccc(N2CCN(S(=O)(=O)N3CCCC(C)C3)CC2)c(F)c1. The molecule has 144 valence electrons. The number of Topliss-reactive ketones (excluding diaryl/α,β-unsaturated/α-hetero) is 1. The van der Waals surface area contributed by atoms with Crippen LogP contribution in [-0.2, 0) is 10.2 Å². The van der Waals surface area contributed by atoms with E-state index >= 15 is 0 Å². The molecule has 0 amide bonds. The van der Waals surface area contributed by atoms with Gasteiger partial charge < -0.3 is 4.90 Å². The van der Waals surface area contributed by atoms with Crippen molar-refractivity contribution in [2.24, 2.45) is 5.92 Å². The molecule has 26 heavy (non-hydrogen) atoms. The number of carbonyl (C=O) groups is 1. The van der Waals surface area contributed by atoms with Gasteiger partial charge in [0, 0.05) is 44.8 Å². The maximum atomic E-state index is 14.3. The molecule has 1 aromatic rings. The first-order valence-electron chi connectivity index (χ1n) is 9.09.